The Bertz CT molecular complexity index is 1190. The Morgan fingerprint density at radius 3 is 1.97 bits per heavy atom. The van der Waals surface area contributed by atoms with Gasteiger partial charge in [-0.1, -0.05) is 17.3 Å². The van der Waals surface area contributed by atoms with Crippen molar-refractivity contribution < 1.29 is 14.3 Å². The summed E-state index contributed by atoms with van der Waals surface area (Å²) in [6.45, 7) is 7.96. The zero-order chi connectivity index (χ0) is 22.0. The van der Waals surface area contributed by atoms with Crippen LogP contribution in [0.1, 0.15) is 38.1 Å². The first-order chi connectivity index (χ1) is 14.9. The van der Waals surface area contributed by atoms with Crippen molar-refractivity contribution in [1.82, 2.24) is 15.0 Å². The molecule has 158 valence electrons. The molecule has 0 radical (unpaired) electrons. The molecule has 4 aromatic rings. The number of aromatic nitrogens is 3. The first-order valence-electron chi connectivity index (χ1n) is 10.3. The molecule has 0 unspecified atom stereocenters. The highest BCUT2D eigenvalue weighted by Gasteiger charge is 2.13. The maximum atomic E-state index is 11.8. The van der Waals surface area contributed by atoms with Crippen LogP contribution in [0, 0.1) is 0 Å². The number of aldehydes is 1. The summed E-state index contributed by atoms with van der Waals surface area (Å²) in [5.74, 6) is 1.60. The van der Waals surface area contributed by atoms with Gasteiger partial charge in [0.05, 0.1) is 23.4 Å². The van der Waals surface area contributed by atoms with Crippen LogP contribution in [0.15, 0.2) is 60.7 Å². The molecule has 4 rings (SSSR count). The van der Waals surface area contributed by atoms with Gasteiger partial charge in [-0.2, -0.15) is 0 Å². The molecule has 0 aliphatic rings. The molecule has 0 atom stereocenters. The Kier molecular flexibility index (Phi) is 5.71. The fourth-order valence-electron chi connectivity index (χ4n) is 3.45. The van der Waals surface area contributed by atoms with E-state index in [1.165, 1.54) is 0 Å². The second-order valence-electron chi connectivity index (χ2n) is 7.90. The predicted octanol–water partition coefficient (Wildman–Crippen LogP) is 5.47. The first kappa shape index (κ1) is 20.6. The molecule has 6 heteroatoms. The summed E-state index contributed by atoms with van der Waals surface area (Å²) in [4.78, 5) is 11.8. The van der Waals surface area contributed by atoms with Gasteiger partial charge < -0.3 is 9.47 Å². The Hall–Kier alpha value is -3.67. The number of carbonyl (C=O) groups excluding carboxylic acids is 1. The molecule has 0 saturated heterocycles. The van der Waals surface area contributed by atoms with Crippen molar-refractivity contribution in [2.75, 3.05) is 0 Å². The van der Waals surface area contributed by atoms with Gasteiger partial charge >= 0.3 is 0 Å². The minimum Gasteiger partial charge on any atom is -0.491 e. The minimum absolute atomic E-state index is 0.102. The lowest BCUT2D eigenvalue weighted by atomic mass is 9.99. The highest BCUT2D eigenvalue weighted by molar-refractivity contribution is 5.95. The first-order valence-corrected chi connectivity index (χ1v) is 10.3. The standard InChI is InChI=1S/C25H25N3O3/c1-16(2)30-21-9-5-18(6-10-21)23-14-25-24(13-19(23)15-29)26-27-28(25)20-7-11-22(12-8-20)31-17(3)4/h5-17H,1-4H3. The second kappa shape index (κ2) is 8.60. The molecule has 6 nitrogen and oxygen atoms in total. The van der Waals surface area contributed by atoms with E-state index in [-0.39, 0.29) is 12.2 Å². The van der Waals surface area contributed by atoms with Gasteiger partial charge in [-0.15, -0.1) is 5.10 Å². The highest BCUT2D eigenvalue weighted by Crippen LogP contribution is 2.30. The number of hydrogen-bond acceptors (Lipinski definition) is 5. The molecule has 0 aliphatic heterocycles. The zero-order valence-corrected chi connectivity index (χ0v) is 18.1. The van der Waals surface area contributed by atoms with Crippen molar-refractivity contribution in [3.05, 3.63) is 66.2 Å². The van der Waals surface area contributed by atoms with Crippen molar-refractivity contribution in [2.45, 2.75) is 39.9 Å². The SMILES string of the molecule is CC(C)Oc1ccc(-c2cc3c(cc2C=O)nnn3-c2ccc(OC(C)C)cc2)cc1. The smallest absolute Gasteiger partial charge is 0.150 e. The summed E-state index contributed by atoms with van der Waals surface area (Å²) in [6.07, 6.45) is 1.06. The number of nitrogens with zero attached hydrogens (tertiary/aromatic N) is 3. The molecule has 0 aliphatic carbocycles. The van der Waals surface area contributed by atoms with Crippen molar-refractivity contribution in [2.24, 2.45) is 0 Å². The molecular formula is C25H25N3O3. The summed E-state index contributed by atoms with van der Waals surface area (Å²) in [6, 6.07) is 19.2. The molecule has 1 aromatic heterocycles. The molecule has 0 N–H and O–H groups in total. The average Bonchev–Trinajstić information content (AvgIpc) is 3.16. The number of hydrogen-bond donors (Lipinski definition) is 0. The summed E-state index contributed by atoms with van der Waals surface area (Å²) < 4.78 is 13.2. The largest absolute Gasteiger partial charge is 0.491 e. The molecule has 0 spiro atoms. The van der Waals surface area contributed by atoms with Crippen LogP contribution in [0.2, 0.25) is 0 Å². The maximum absolute atomic E-state index is 11.8. The van der Waals surface area contributed by atoms with E-state index in [1.54, 1.807) is 10.7 Å². The Labute approximate surface area is 181 Å². The van der Waals surface area contributed by atoms with Crippen LogP contribution in [0.25, 0.3) is 27.8 Å². The number of ether oxygens (including phenoxy) is 2. The number of rotatable bonds is 7. The summed E-state index contributed by atoms with van der Waals surface area (Å²) in [7, 11) is 0. The van der Waals surface area contributed by atoms with E-state index in [9.17, 15) is 4.79 Å². The van der Waals surface area contributed by atoms with E-state index < -0.39 is 0 Å². The molecule has 0 amide bonds. The van der Waals surface area contributed by atoms with Crippen LogP contribution in [0.4, 0.5) is 0 Å². The van der Waals surface area contributed by atoms with Crippen LogP contribution < -0.4 is 9.47 Å². The van der Waals surface area contributed by atoms with Gasteiger partial charge in [0.1, 0.15) is 17.0 Å². The lowest BCUT2D eigenvalue weighted by Gasteiger charge is -2.12. The predicted molar refractivity (Wildman–Crippen MR) is 121 cm³/mol. The van der Waals surface area contributed by atoms with Crippen molar-refractivity contribution in [3.8, 4) is 28.3 Å². The molecule has 0 saturated carbocycles. The normalized spacial score (nSPS) is 11.3. The van der Waals surface area contributed by atoms with Gasteiger partial charge in [-0.25, -0.2) is 4.68 Å². The fourth-order valence-corrected chi connectivity index (χ4v) is 3.45. The van der Waals surface area contributed by atoms with Gasteiger partial charge in [0.2, 0.25) is 0 Å². The minimum atomic E-state index is 0.102. The number of carbonyl (C=O) groups is 1. The van der Waals surface area contributed by atoms with Gasteiger partial charge in [0.15, 0.2) is 6.29 Å². The Morgan fingerprint density at radius 2 is 1.42 bits per heavy atom. The topological polar surface area (TPSA) is 66.2 Å². The van der Waals surface area contributed by atoms with Crippen LogP contribution in [-0.2, 0) is 0 Å². The monoisotopic (exact) mass is 415 g/mol. The van der Waals surface area contributed by atoms with Crippen LogP contribution in [0.3, 0.4) is 0 Å². The van der Waals surface area contributed by atoms with E-state index in [1.807, 2.05) is 82.3 Å². The maximum Gasteiger partial charge on any atom is 0.150 e. The lowest BCUT2D eigenvalue weighted by Crippen LogP contribution is -2.05. The second-order valence-corrected chi connectivity index (χ2v) is 7.90. The number of fused-ring (bicyclic) bond motifs is 1. The highest BCUT2D eigenvalue weighted by atomic mass is 16.5. The summed E-state index contributed by atoms with van der Waals surface area (Å²) >= 11 is 0. The van der Waals surface area contributed by atoms with E-state index >= 15 is 0 Å². The molecular weight excluding hydrogens is 390 g/mol. The average molecular weight is 415 g/mol. The van der Waals surface area contributed by atoms with Gasteiger partial charge in [0.25, 0.3) is 0 Å². The number of benzene rings is 3. The van der Waals surface area contributed by atoms with Crippen molar-refractivity contribution in [1.29, 1.82) is 0 Å². The third kappa shape index (κ3) is 4.43. The molecule has 31 heavy (non-hydrogen) atoms. The van der Waals surface area contributed by atoms with E-state index in [2.05, 4.69) is 10.3 Å². The summed E-state index contributed by atoms with van der Waals surface area (Å²) in [5.41, 5.74) is 4.66. The Morgan fingerprint density at radius 1 is 0.839 bits per heavy atom. The lowest BCUT2D eigenvalue weighted by molar-refractivity contribution is 0.112. The van der Waals surface area contributed by atoms with E-state index in [4.69, 9.17) is 9.47 Å². The van der Waals surface area contributed by atoms with Crippen LogP contribution >= 0.6 is 0 Å². The van der Waals surface area contributed by atoms with E-state index in [0.29, 0.717) is 11.1 Å². The van der Waals surface area contributed by atoms with Crippen molar-refractivity contribution in [3.63, 3.8) is 0 Å². The van der Waals surface area contributed by atoms with E-state index in [0.717, 1.165) is 40.1 Å². The van der Waals surface area contributed by atoms with Gasteiger partial charge in [-0.05, 0) is 87.4 Å². The molecule has 0 fully saturated rings. The van der Waals surface area contributed by atoms with Crippen LogP contribution in [-0.4, -0.2) is 33.5 Å². The third-order valence-corrected chi connectivity index (χ3v) is 4.73. The van der Waals surface area contributed by atoms with Gasteiger partial charge in [-0.3, -0.25) is 4.79 Å². The molecule has 0 bridgehead atoms. The molecule has 3 aromatic carbocycles. The fraction of sp³-hybridized carbons (Fsp3) is 0.240. The van der Waals surface area contributed by atoms with Crippen LogP contribution in [0.5, 0.6) is 11.5 Å². The Balaban J connectivity index is 1.74. The summed E-state index contributed by atoms with van der Waals surface area (Å²) in [5, 5.41) is 8.56. The quantitative estimate of drug-likeness (QED) is 0.374. The third-order valence-electron chi connectivity index (χ3n) is 4.73. The molecule has 1 heterocycles. The van der Waals surface area contributed by atoms with Crippen molar-refractivity contribution >= 4 is 17.3 Å². The zero-order valence-electron chi connectivity index (χ0n) is 18.1. The van der Waals surface area contributed by atoms with Gasteiger partial charge in [0, 0.05) is 5.56 Å².